The standard InChI is InChI=1S/C20H15N5OS3/c26-17-11-15(21-19-24(17)8-10-28-19)13-29-20-23-22-18(16-7-4-9-27-16)25(20)12-14-5-2-1-3-6-14/h1-11H,12-13H2. The summed E-state index contributed by atoms with van der Waals surface area (Å²) in [6, 6.07) is 15.9. The summed E-state index contributed by atoms with van der Waals surface area (Å²) in [5.74, 6) is 1.41. The highest BCUT2D eigenvalue weighted by molar-refractivity contribution is 7.98. The van der Waals surface area contributed by atoms with Gasteiger partial charge in [-0.2, -0.15) is 0 Å². The summed E-state index contributed by atoms with van der Waals surface area (Å²) in [5, 5.41) is 13.6. The van der Waals surface area contributed by atoms with Crippen molar-refractivity contribution in [3.05, 3.63) is 87.1 Å². The van der Waals surface area contributed by atoms with E-state index in [0.717, 1.165) is 21.6 Å². The van der Waals surface area contributed by atoms with Gasteiger partial charge in [0.05, 0.1) is 17.1 Å². The molecule has 6 nitrogen and oxygen atoms in total. The molecule has 0 aliphatic carbocycles. The zero-order valence-electron chi connectivity index (χ0n) is 15.1. The molecule has 1 aromatic carbocycles. The number of thiazole rings is 1. The van der Waals surface area contributed by atoms with Crippen molar-refractivity contribution < 1.29 is 0 Å². The zero-order valence-corrected chi connectivity index (χ0v) is 17.6. The van der Waals surface area contributed by atoms with Crippen molar-refractivity contribution in [1.82, 2.24) is 24.1 Å². The van der Waals surface area contributed by atoms with E-state index < -0.39 is 0 Å². The van der Waals surface area contributed by atoms with Crippen LogP contribution in [0, 0.1) is 0 Å². The third kappa shape index (κ3) is 3.76. The van der Waals surface area contributed by atoms with E-state index in [-0.39, 0.29) is 5.56 Å². The third-order valence-electron chi connectivity index (χ3n) is 4.35. The molecular weight excluding hydrogens is 422 g/mol. The van der Waals surface area contributed by atoms with E-state index in [4.69, 9.17) is 0 Å². The normalized spacial score (nSPS) is 11.3. The fourth-order valence-electron chi connectivity index (χ4n) is 2.99. The molecule has 29 heavy (non-hydrogen) atoms. The molecule has 5 rings (SSSR count). The second kappa shape index (κ2) is 7.94. The van der Waals surface area contributed by atoms with Gasteiger partial charge >= 0.3 is 0 Å². The fourth-order valence-corrected chi connectivity index (χ4v) is 5.28. The summed E-state index contributed by atoms with van der Waals surface area (Å²) in [4.78, 5) is 18.6. The van der Waals surface area contributed by atoms with E-state index in [1.807, 2.05) is 35.0 Å². The first kappa shape index (κ1) is 18.3. The minimum Gasteiger partial charge on any atom is -0.297 e. The predicted molar refractivity (Wildman–Crippen MR) is 118 cm³/mol. The second-order valence-electron chi connectivity index (χ2n) is 6.29. The lowest BCUT2D eigenvalue weighted by molar-refractivity contribution is 0.715. The van der Waals surface area contributed by atoms with Gasteiger partial charge in [-0.15, -0.1) is 32.9 Å². The van der Waals surface area contributed by atoms with Gasteiger partial charge in [-0.25, -0.2) is 4.98 Å². The van der Waals surface area contributed by atoms with Crippen molar-refractivity contribution >= 4 is 39.4 Å². The van der Waals surface area contributed by atoms with E-state index in [0.29, 0.717) is 17.3 Å². The first-order chi connectivity index (χ1) is 14.3. The van der Waals surface area contributed by atoms with Crippen molar-refractivity contribution in [1.29, 1.82) is 0 Å². The average molecular weight is 438 g/mol. The Balaban J connectivity index is 1.46. The molecule has 0 aliphatic rings. The quantitative estimate of drug-likeness (QED) is 0.368. The van der Waals surface area contributed by atoms with Crippen LogP contribution in [-0.2, 0) is 12.3 Å². The Morgan fingerprint density at radius 2 is 1.90 bits per heavy atom. The number of fused-ring (bicyclic) bond motifs is 1. The Hall–Kier alpha value is -2.75. The van der Waals surface area contributed by atoms with Crippen LogP contribution in [0.1, 0.15) is 11.3 Å². The molecule has 0 amide bonds. The lowest BCUT2D eigenvalue weighted by atomic mass is 10.2. The highest BCUT2D eigenvalue weighted by Crippen LogP contribution is 2.29. The monoisotopic (exact) mass is 437 g/mol. The van der Waals surface area contributed by atoms with Crippen molar-refractivity contribution in [2.75, 3.05) is 0 Å². The number of thiophene rings is 1. The lowest BCUT2D eigenvalue weighted by Crippen LogP contribution is -2.12. The van der Waals surface area contributed by atoms with Crippen molar-refractivity contribution in [2.45, 2.75) is 17.5 Å². The Bertz CT molecular complexity index is 1310. The molecule has 0 aliphatic heterocycles. The molecule has 0 fully saturated rings. The molecule has 4 aromatic heterocycles. The molecule has 0 spiro atoms. The van der Waals surface area contributed by atoms with Crippen LogP contribution in [0.15, 0.2) is 75.4 Å². The van der Waals surface area contributed by atoms with Crippen LogP contribution in [0.5, 0.6) is 0 Å². The van der Waals surface area contributed by atoms with Gasteiger partial charge in [-0.1, -0.05) is 48.2 Å². The SMILES string of the molecule is O=c1cc(CSc2nnc(-c3cccs3)n2Cc2ccccc2)nc2sccn12. The minimum absolute atomic E-state index is 0.0584. The molecule has 0 N–H and O–H groups in total. The molecule has 0 unspecified atom stereocenters. The van der Waals surface area contributed by atoms with Gasteiger partial charge in [0.2, 0.25) is 0 Å². The number of benzene rings is 1. The fraction of sp³-hybridized carbons (Fsp3) is 0.100. The van der Waals surface area contributed by atoms with E-state index in [1.54, 1.807) is 39.8 Å². The van der Waals surface area contributed by atoms with E-state index in [1.165, 1.54) is 16.9 Å². The maximum absolute atomic E-state index is 12.2. The van der Waals surface area contributed by atoms with Crippen LogP contribution in [-0.4, -0.2) is 24.1 Å². The highest BCUT2D eigenvalue weighted by Gasteiger charge is 2.16. The summed E-state index contributed by atoms with van der Waals surface area (Å²) >= 11 is 4.65. The average Bonchev–Trinajstić information content (AvgIpc) is 3.48. The largest absolute Gasteiger partial charge is 0.297 e. The second-order valence-corrected chi connectivity index (χ2v) is 9.05. The summed E-state index contributed by atoms with van der Waals surface area (Å²) in [7, 11) is 0. The topological polar surface area (TPSA) is 65.1 Å². The molecule has 0 radical (unpaired) electrons. The van der Waals surface area contributed by atoms with E-state index >= 15 is 0 Å². The maximum Gasteiger partial charge on any atom is 0.258 e. The minimum atomic E-state index is -0.0584. The van der Waals surface area contributed by atoms with E-state index in [2.05, 4.69) is 37.9 Å². The summed E-state index contributed by atoms with van der Waals surface area (Å²) < 4.78 is 3.69. The Morgan fingerprint density at radius 1 is 1.00 bits per heavy atom. The summed E-state index contributed by atoms with van der Waals surface area (Å²) in [6.45, 7) is 0.684. The maximum atomic E-state index is 12.2. The predicted octanol–water partition coefficient (Wildman–Crippen LogP) is 4.42. The molecule has 144 valence electrons. The molecular formula is C20H15N5OS3. The Labute approximate surface area is 178 Å². The Kier molecular flexibility index (Phi) is 5.01. The summed E-state index contributed by atoms with van der Waals surface area (Å²) in [5.41, 5.74) is 1.87. The molecule has 0 bridgehead atoms. The smallest absolute Gasteiger partial charge is 0.258 e. The first-order valence-corrected chi connectivity index (χ1v) is 11.6. The van der Waals surface area contributed by atoms with Gasteiger partial charge in [-0.05, 0) is 17.0 Å². The van der Waals surface area contributed by atoms with Crippen LogP contribution in [0.3, 0.4) is 0 Å². The number of nitrogens with zero attached hydrogens (tertiary/aromatic N) is 5. The van der Waals surface area contributed by atoms with Crippen LogP contribution >= 0.6 is 34.4 Å². The third-order valence-corrected chi connectivity index (χ3v) is 6.97. The highest BCUT2D eigenvalue weighted by atomic mass is 32.2. The Morgan fingerprint density at radius 3 is 2.72 bits per heavy atom. The summed E-state index contributed by atoms with van der Waals surface area (Å²) in [6.07, 6.45) is 1.75. The van der Waals surface area contributed by atoms with Gasteiger partial charge < -0.3 is 0 Å². The number of rotatable bonds is 6. The number of hydrogen-bond acceptors (Lipinski definition) is 7. The molecule has 9 heteroatoms. The molecule has 0 saturated heterocycles. The first-order valence-electron chi connectivity index (χ1n) is 8.87. The van der Waals surface area contributed by atoms with Crippen LogP contribution in [0.2, 0.25) is 0 Å². The van der Waals surface area contributed by atoms with Crippen molar-refractivity contribution in [3.63, 3.8) is 0 Å². The van der Waals surface area contributed by atoms with Gasteiger partial charge in [0, 0.05) is 23.4 Å². The van der Waals surface area contributed by atoms with Gasteiger partial charge in [0.15, 0.2) is 15.9 Å². The lowest BCUT2D eigenvalue weighted by Gasteiger charge is -2.09. The van der Waals surface area contributed by atoms with Gasteiger partial charge in [0.1, 0.15) is 0 Å². The molecule has 0 atom stereocenters. The number of thioether (sulfide) groups is 1. The molecule has 0 saturated carbocycles. The molecule has 5 aromatic rings. The number of hydrogen-bond donors (Lipinski definition) is 0. The van der Waals surface area contributed by atoms with Crippen molar-refractivity contribution in [3.8, 4) is 10.7 Å². The van der Waals surface area contributed by atoms with Crippen molar-refractivity contribution in [2.24, 2.45) is 0 Å². The van der Waals surface area contributed by atoms with Gasteiger partial charge in [-0.3, -0.25) is 13.8 Å². The number of aromatic nitrogens is 5. The van der Waals surface area contributed by atoms with Crippen LogP contribution in [0.4, 0.5) is 0 Å². The van der Waals surface area contributed by atoms with Crippen LogP contribution < -0.4 is 5.56 Å². The van der Waals surface area contributed by atoms with Gasteiger partial charge in [0.25, 0.3) is 5.56 Å². The zero-order chi connectivity index (χ0) is 19.6. The molecule has 4 heterocycles. The van der Waals surface area contributed by atoms with Crippen LogP contribution in [0.25, 0.3) is 15.7 Å². The van der Waals surface area contributed by atoms with E-state index in [9.17, 15) is 4.79 Å².